The molecule has 6 nitrogen and oxygen atoms in total. The molecule has 1 amide bonds. The molecule has 2 N–H and O–H groups in total. The van der Waals surface area contributed by atoms with Crippen molar-refractivity contribution in [2.45, 2.75) is 19.0 Å². The molecule has 1 fully saturated rings. The maximum absolute atomic E-state index is 13.2. The fraction of sp³-hybridized carbons (Fsp3) is 0.381. The van der Waals surface area contributed by atoms with Crippen LogP contribution in [0.1, 0.15) is 18.4 Å². The zero-order valence-corrected chi connectivity index (χ0v) is 16.8. The minimum atomic E-state index is -4.46. The third-order valence-electron chi connectivity index (χ3n) is 4.88. The van der Waals surface area contributed by atoms with Gasteiger partial charge >= 0.3 is 6.18 Å². The average Bonchev–Trinajstić information content (AvgIpc) is 3.26. The predicted molar refractivity (Wildman–Crippen MR) is 110 cm³/mol. The summed E-state index contributed by atoms with van der Waals surface area (Å²) in [5.74, 6) is 0.581. The minimum absolute atomic E-state index is 0.184. The Morgan fingerprint density at radius 1 is 1.03 bits per heavy atom. The Kier molecular flexibility index (Phi) is 6.59. The Bertz CT molecular complexity index is 897. The number of alkyl halides is 3. The molecule has 3 rings (SSSR count). The molecule has 30 heavy (non-hydrogen) atoms. The van der Waals surface area contributed by atoms with Crippen LogP contribution < -0.4 is 25.0 Å². The number of hydrogen-bond donors (Lipinski definition) is 2. The highest BCUT2D eigenvalue weighted by Gasteiger charge is 2.31. The molecule has 9 heteroatoms. The largest absolute Gasteiger partial charge is 0.493 e. The van der Waals surface area contributed by atoms with Gasteiger partial charge in [0.1, 0.15) is 0 Å². The molecule has 2 aromatic rings. The van der Waals surface area contributed by atoms with Crippen molar-refractivity contribution in [3.63, 3.8) is 0 Å². The van der Waals surface area contributed by atoms with E-state index in [1.54, 1.807) is 18.2 Å². The summed E-state index contributed by atoms with van der Waals surface area (Å²) in [5.41, 5.74) is 0.685. The third-order valence-corrected chi connectivity index (χ3v) is 4.88. The third kappa shape index (κ3) is 5.08. The van der Waals surface area contributed by atoms with E-state index in [1.807, 2.05) is 4.90 Å². The standard InChI is InChI=1S/C21H24F3N3O3/c1-29-18-8-6-15(12-19(18)30-2)26-20(28)13-25-16-11-14(21(22,23)24)5-7-17(16)27-9-3-4-10-27/h5-8,11-12,25H,3-4,9-10,13H2,1-2H3,(H,26,28). The van der Waals surface area contributed by atoms with Gasteiger partial charge in [0, 0.05) is 24.8 Å². The summed E-state index contributed by atoms with van der Waals surface area (Å²) in [6.07, 6.45) is -2.48. The van der Waals surface area contributed by atoms with Crippen LogP contribution in [0.2, 0.25) is 0 Å². The number of nitrogens with one attached hydrogen (secondary N) is 2. The maximum atomic E-state index is 13.2. The van der Waals surface area contributed by atoms with Gasteiger partial charge in [-0.2, -0.15) is 13.2 Å². The van der Waals surface area contributed by atoms with Crippen LogP contribution in [0.15, 0.2) is 36.4 Å². The maximum Gasteiger partial charge on any atom is 0.416 e. The van der Waals surface area contributed by atoms with Crippen LogP contribution >= 0.6 is 0 Å². The lowest BCUT2D eigenvalue weighted by Crippen LogP contribution is -2.24. The number of ether oxygens (including phenoxy) is 2. The molecule has 0 atom stereocenters. The van der Waals surface area contributed by atoms with E-state index in [0.29, 0.717) is 22.9 Å². The van der Waals surface area contributed by atoms with E-state index < -0.39 is 17.6 Å². The number of halogens is 3. The number of hydrogen-bond acceptors (Lipinski definition) is 5. The fourth-order valence-corrected chi connectivity index (χ4v) is 3.38. The molecule has 0 unspecified atom stereocenters. The van der Waals surface area contributed by atoms with Gasteiger partial charge in [0.2, 0.25) is 5.91 Å². The monoisotopic (exact) mass is 423 g/mol. The Labute approximate surface area is 173 Å². The molecule has 0 radical (unpaired) electrons. The van der Waals surface area contributed by atoms with Gasteiger partial charge < -0.3 is 25.0 Å². The summed E-state index contributed by atoms with van der Waals surface area (Å²) >= 11 is 0. The molecule has 1 saturated heterocycles. The highest BCUT2D eigenvalue weighted by molar-refractivity contribution is 5.94. The summed E-state index contributed by atoms with van der Waals surface area (Å²) in [6.45, 7) is 1.37. The first-order valence-electron chi connectivity index (χ1n) is 9.54. The van der Waals surface area contributed by atoms with Crippen LogP contribution in [0.25, 0.3) is 0 Å². The van der Waals surface area contributed by atoms with Crippen molar-refractivity contribution in [2.75, 3.05) is 49.4 Å². The molecule has 1 aliphatic heterocycles. The summed E-state index contributed by atoms with van der Waals surface area (Å²) < 4.78 is 49.8. The number of carbonyl (C=O) groups excluding carboxylic acids is 1. The molecule has 1 heterocycles. The number of methoxy groups -OCH3 is 2. The molecular weight excluding hydrogens is 399 g/mol. The summed E-state index contributed by atoms with van der Waals surface area (Å²) in [4.78, 5) is 14.4. The van der Waals surface area contributed by atoms with Crippen LogP contribution in [-0.2, 0) is 11.0 Å². The Balaban J connectivity index is 1.73. The predicted octanol–water partition coefficient (Wildman–Crippen LogP) is 4.37. The molecule has 0 saturated carbocycles. The number of anilines is 3. The molecule has 2 aromatic carbocycles. The SMILES string of the molecule is COc1ccc(NC(=O)CNc2cc(C(F)(F)F)ccc2N2CCCC2)cc1OC. The molecule has 0 spiro atoms. The normalized spacial score (nSPS) is 13.8. The lowest BCUT2D eigenvalue weighted by molar-refractivity contribution is -0.137. The van der Waals surface area contributed by atoms with E-state index in [2.05, 4.69) is 10.6 Å². The highest BCUT2D eigenvalue weighted by Crippen LogP contribution is 2.36. The van der Waals surface area contributed by atoms with Crippen molar-refractivity contribution in [3.05, 3.63) is 42.0 Å². The second-order valence-electron chi connectivity index (χ2n) is 6.90. The van der Waals surface area contributed by atoms with Crippen LogP contribution in [0, 0.1) is 0 Å². The van der Waals surface area contributed by atoms with Crippen molar-refractivity contribution < 1.29 is 27.4 Å². The van der Waals surface area contributed by atoms with Gasteiger partial charge in [-0.1, -0.05) is 0 Å². The Morgan fingerprint density at radius 2 is 1.73 bits per heavy atom. The van der Waals surface area contributed by atoms with Gasteiger partial charge in [-0.05, 0) is 43.2 Å². The Hall–Kier alpha value is -3.10. The van der Waals surface area contributed by atoms with Gasteiger partial charge in [-0.3, -0.25) is 4.79 Å². The van der Waals surface area contributed by atoms with E-state index >= 15 is 0 Å². The summed E-state index contributed by atoms with van der Waals surface area (Å²) in [6, 6.07) is 8.50. The zero-order valence-electron chi connectivity index (χ0n) is 16.8. The first kappa shape index (κ1) is 21.6. The van der Waals surface area contributed by atoms with Crippen molar-refractivity contribution in [1.82, 2.24) is 0 Å². The van der Waals surface area contributed by atoms with Gasteiger partial charge in [-0.15, -0.1) is 0 Å². The lowest BCUT2D eigenvalue weighted by atomic mass is 10.1. The number of rotatable bonds is 7. The van der Waals surface area contributed by atoms with E-state index in [0.717, 1.165) is 38.1 Å². The van der Waals surface area contributed by atoms with E-state index in [9.17, 15) is 18.0 Å². The first-order valence-corrected chi connectivity index (χ1v) is 9.54. The van der Waals surface area contributed by atoms with Crippen molar-refractivity contribution in [1.29, 1.82) is 0 Å². The van der Waals surface area contributed by atoms with E-state index in [4.69, 9.17) is 9.47 Å². The molecule has 0 aromatic heterocycles. The number of nitrogens with zero attached hydrogens (tertiary/aromatic N) is 1. The molecule has 0 bridgehead atoms. The first-order chi connectivity index (χ1) is 14.3. The number of carbonyl (C=O) groups is 1. The van der Waals surface area contributed by atoms with Gasteiger partial charge in [0.05, 0.1) is 37.7 Å². The number of benzene rings is 2. The quantitative estimate of drug-likeness (QED) is 0.692. The number of amides is 1. The van der Waals surface area contributed by atoms with Crippen LogP contribution in [0.5, 0.6) is 11.5 Å². The topological polar surface area (TPSA) is 62.8 Å². The second kappa shape index (κ2) is 9.15. The molecule has 1 aliphatic rings. The fourth-order valence-electron chi connectivity index (χ4n) is 3.38. The summed E-state index contributed by atoms with van der Waals surface area (Å²) in [7, 11) is 2.99. The second-order valence-corrected chi connectivity index (χ2v) is 6.90. The molecule has 162 valence electrons. The molecule has 0 aliphatic carbocycles. The summed E-state index contributed by atoms with van der Waals surface area (Å²) in [5, 5.41) is 5.56. The van der Waals surface area contributed by atoms with Crippen LogP contribution in [0.4, 0.5) is 30.2 Å². The average molecular weight is 423 g/mol. The van der Waals surface area contributed by atoms with Gasteiger partial charge in [0.25, 0.3) is 0 Å². The van der Waals surface area contributed by atoms with Crippen molar-refractivity contribution in [2.24, 2.45) is 0 Å². The van der Waals surface area contributed by atoms with E-state index in [1.165, 1.54) is 20.3 Å². The van der Waals surface area contributed by atoms with Gasteiger partial charge in [-0.25, -0.2) is 0 Å². The Morgan fingerprint density at radius 3 is 2.37 bits per heavy atom. The molecular formula is C21H24F3N3O3. The zero-order chi connectivity index (χ0) is 21.7. The highest BCUT2D eigenvalue weighted by atomic mass is 19.4. The minimum Gasteiger partial charge on any atom is -0.493 e. The smallest absolute Gasteiger partial charge is 0.416 e. The van der Waals surface area contributed by atoms with Crippen LogP contribution in [-0.4, -0.2) is 39.8 Å². The van der Waals surface area contributed by atoms with Crippen LogP contribution in [0.3, 0.4) is 0 Å². The van der Waals surface area contributed by atoms with Gasteiger partial charge in [0.15, 0.2) is 11.5 Å². The van der Waals surface area contributed by atoms with Crippen molar-refractivity contribution in [3.8, 4) is 11.5 Å². The lowest BCUT2D eigenvalue weighted by Gasteiger charge is -2.23. The van der Waals surface area contributed by atoms with Crippen molar-refractivity contribution >= 4 is 23.0 Å². The van der Waals surface area contributed by atoms with E-state index in [-0.39, 0.29) is 12.2 Å².